The highest BCUT2D eigenvalue weighted by Gasteiger charge is 2.20. The lowest BCUT2D eigenvalue weighted by Gasteiger charge is -2.35. The van der Waals surface area contributed by atoms with Crippen LogP contribution in [-0.4, -0.2) is 12.6 Å². The van der Waals surface area contributed by atoms with Crippen LogP contribution in [0.25, 0.3) is 0 Å². The molecule has 0 saturated heterocycles. The molecule has 0 amide bonds. The SMILES string of the molecule is CCC(CC)N(CC(C)C)c1cccc(Br)c1CN. The molecule has 0 aromatic heterocycles. The standard InChI is InChI=1S/C16H27BrN2/c1-5-13(6-2)19(11-12(3)4)16-9-7-8-15(17)14(16)10-18/h7-9,12-13H,5-6,10-11,18H2,1-4H3. The van der Waals surface area contributed by atoms with E-state index >= 15 is 0 Å². The Morgan fingerprint density at radius 2 is 1.84 bits per heavy atom. The Balaban J connectivity index is 3.19. The van der Waals surface area contributed by atoms with Crippen LogP contribution in [-0.2, 0) is 6.54 Å². The van der Waals surface area contributed by atoms with Crippen LogP contribution < -0.4 is 10.6 Å². The predicted molar refractivity (Wildman–Crippen MR) is 88.6 cm³/mol. The number of nitrogens with two attached hydrogens (primary N) is 1. The van der Waals surface area contributed by atoms with Crippen molar-refractivity contribution in [1.82, 2.24) is 0 Å². The molecule has 0 fully saturated rings. The van der Waals surface area contributed by atoms with Gasteiger partial charge >= 0.3 is 0 Å². The lowest BCUT2D eigenvalue weighted by Crippen LogP contribution is -2.38. The molecule has 0 atom stereocenters. The Morgan fingerprint density at radius 3 is 2.32 bits per heavy atom. The third kappa shape index (κ3) is 4.22. The highest BCUT2D eigenvalue weighted by molar-refractivity contribution is 9.10. The van der Waals surface area contributed by atoms with Gasteiger partial charge in [-0.3, -0.25) is 0 Å². The molecule has 1 aromatic rings. The summed E-state index contributed by atoms with van der Waals surface area (Å²) in [5.74, 6) is 0.644. The first-order valence-electron chi connectivity index (χ1n) is 7.29. The van der Waals surface area contributed by atoms with Crippen LogP contribution in [0.1, 0.15) is 46.1 Å². The average molecular weight is 327 g/mol. The molecule has 108 valence electrons. The molecule has 1 rings (SSSR count). The third-order valence-electron chi connectivity index (χ3n) is 3.55. The number of nitrogens with zero attached hydrogens (tertiary/aromatic N) is 1. The Kier molecular flexibility index (Phi) is 6.87. The van der Waals surface area contributed by atoms with Crippen LogP contribution in [0, 0.1) is 5.92 Å². The second-order valence-electron chi connectivity index (χ2n) is 5.46. The second-order valence-corrected chi connectivity index (χ2v) is 6.31. The molecule has 19 heavy (non-hydrogen) atoms. The Labute approximate surface area is 126 Å². The van der Waals surface area contributed by atoms with Crippen molar-refractivity contribution in [2.45, 2.75) is 53.1 Å². The van der Waals surface area contributed by atoms with Crippen molar-refractivity contribution in [2.24, 2.45) is 11.7 Å². The second kappa shape index (κ2) is 7.91. The molecule has 3 heteroatoms. The fourth-order valence-electron chi connectivity index (χ4n) is 2.59. The fraction of sp³-hybridized carbons (Fsp3) is 0.625. The molecule has 2 nitrogen and oxygen atoms in total. The van der Waals surface area contributed by atoms with E-state index < -0.39 is 0 Å². The molecular weight excluding hydrogens is 300 g/mol. The van der Waals surface area contributed by atoms with E-state index in [0.29, 0.717) is 18.5 Å². The summed E-state index contributed by atoms with van der Waals surface area (Å²) < 4.78 is 1.12. The summed E-state index contributed by atoms with van der Waals surface area (Å²) >= 11 is 3.63. The van der Waals surface area contributed by atoms with Gasteiger partial charge in [0.25, 0.3) is 0 Å². The van der Waals surface area contributed by atoms with Crippen molar-refractivity contribution in [3.63, 3.8) is 0 Å². The quantitative estimate of drug-likeness (QED) is 0.795. The molecule has 0 radical (unpaired) electrons. The van der Waals surface area contributed by atoms with Crippen molar-refractivity contribution in [3.8, 4) is 0 Å². The summed E-state index contributed by atoms with van der Waals surface area (Å²) in [6.45, 7) is 10.7. The van der Waals surface area contributed by atoms with Gasteiger partial charge < -0.3 is 10.6 Å². The van der Waals surface area contributed by atoms with Crippen molar-refractivity contribution in [1.29, 1.82) is 0 Å². The summed E-state index contributed by atoms with van der Waals surface area (Å²) in [6.07, 6.45) is 2.33. The van der Waals surface area contributed by atoms with Gasteiger partial charge in [-0.15, -0.1) is 0 Å². The van der Waals surface area contributed by atoms with Crippen molar-refractivity contribution in [3.05, 3.63) is 28.2 Å². The number of hydrogen-bond acceptors (Lipinski definition) is 2. The maximum absolute atomic E-state index is 5.95. The third-order valence-corrected chi connectivity index (χ3v) is 4.30. The van der Waals surface area contributed by atoms with Gasteiger partial charge in [0.1, 0.15) is 0 Å². The summed E-state index contributed by atoms with van der Waals surface area (Å²) in [7, 11) is 0. The lowest BCUT2D eigenvalue weighted by atomic mass is 10.0. The van der Waals surface area contributed by atoms with E-state index in [0.717, 1.165) is 11.0 Å². The van der Waals surface area contributed by atoms with Crippen molar-refractivity contribution >= 4 is 21.6 Å². The van der Waals surface area contributed by atoms with Crippen molar-refractivity contribution in [2.75, 3.05) is 11.4 Å². The fourth-order valence-corrected chi connectivity index (χ4v) is 3.10. The van der Waals surface area contributed by atoms with E-state index in [9.17, 15) is 0 Å². The highest BCUT2D eigenvalue weighted by Crippen LogP contribution is 2.30. The Hall–Kier alpha value is -0.540. The first-order valence-corrected chi connectivity index (χ1v) is 8.08. The molecule has 0 bridgehead atoms. The van der Waals surface area contributed by atoms with Gasteiger partial charge in [0, 0.05) is 34.9 Å². The first kappa shape index (κ1) is 16.5. The normalized spacial score (nSPS) is 11.4. The zero-order valence-electron chi connectivity index (χ0n) is 12.6. The molecule has 2 N–H and O–H groups in total. The maximum atomic E-state index is 5.95. The van der Waals surface area contributed by atoms with Gasteiger partial charge in [0.2, 0.25) is 0 Å². The molecule has 0 heterocycles. The number of hydrogen-bond donors (Lipinski definition) is 1. The van der Waals surface area contributed by atoms with E-state index in [2.05, 4.69) is 66.7 Å². The van der Waals surface area contributed by atoms with Gasteiger partial charge in [0.15, 0.2) is 0 Å². The Bertz CT molecular complexity index is 386. The van der Waals surface area contributed by atoms with Gasteiger partial charge in [-0.25, -0.2) is 0 Å². The minimum absolute atomic E-state index is 0.575. The van der Waals surface area contributed by atoms with Crippen LogP contribution in [0.3, 0.4) is 0 Å². The monoisotopic (exact) mass is 326 g/mol. The lowest BCUT2D eigenvalue weighted by molar-refractivity contribution is 0.506. The minimum Gasteiger partial charge on any atom is -0.368 e. The molecular formula is C16H27BrN2. The van der Waals surface area contributed by atoms with E-state index in [4.69, 9.17) is 5.73 Å². The molecule has 1 aromatic carbocycles. The number of rotatable bonds is 7. The Morgan fingerprint density at radius 1 is 1.21 bits per heavy atom. The van der Waals surface area contributed by atoms with Crippen LogP contribution in [0.4, 0.5) is 5.69 Å². The van der Waals surface area contributed by atoms with Crippen molar-refractivity contribution < 1.29 is 0 Å². The van der Waals surface area contributed by atoms with E-state index in [1.165, 1.54) is 24.1 Å². The summed E-state index contributed by atoms with van der Waals surface area (Å²) in [4.78, 5) is 2.54. The van der Waals surface area contributed by atoms with Gasteiger partial charge in [-0.2, -0.15) is 0 Å². The van der Waals surface area contributed by atoms with Gasteiger partial charge in [-0.05, 0) is 30.9 Å². The van der Waals surface area contributed by atoms with E-state index in [1.807, 2.05) is 0 Å². The van der Waals surface area contributed by atoms with Crippen LogP contribution in [0.5, 0.6) is 0 Å². The zero-order valence-corrected chi connectivity index (χ0v) is 14.2. The summed E-state index contributed by atoms with van der Waals surface area (Å²) in [6, 6.07) is 6.97. The van der Waals surface area contributed by atoms with Gasteiger partial charge in [-0.1, -0.05) is 49.7 Å². The number of halogens is 1. The molecule has 0 unspecified atom stereocenters. The topological polar surface area (TPSA) is 29.3 Å². The average Bonchev–Trinajstić information content (AvgIpc) is 2.38. The zero-order chi connectivity index (χ0) is 14.4. The number of benzene rings is 1. The van der Waals surface area contributed by atoms with E-state index in [-0.39, 0.29) is 0 Å². The highest BCUT2D eigenvalue weighted by atomic mass is 79.9. The molecule has 0 saturated carbocycles. The van der Waals surface area contributed by atoms with Crippen LogP contribution >= 0.6 is 15.9 Å². The van der Waals surface area contributed by atoms with E-state index in [1.54, 1.807) is 0 Å². The smallest absolute Gasteiger partial charge is 0.0425 e. The molecule has 0 aliphatic rings. The first-order chi connectivity index (χ1) is 9.04. The van der Waals surface area contributed by atoms with Crippen LogP contribution in [0.2, 0.25) is 0 Å². The summed E-state index contributed by atoms with van der Waals surface area (Å²) in [5.41, 5.74) is 8.46. The van der Waals surface area contributed by atoms with Gasteiger partial charge in [0.05, 0.1) is 0 Å². The predicted octanol–water partition coefficient (Wildman–Crippen LogP) is 4.56. The van der Waals surface area contributed by atoms with Crippen LogP contribution in [0.15, 0.2) is 22.7 Å². The molecule has 0 aliphatic carbocycles. The minimum atomic E-state index is 0.575. The largest absolute Gasteiger partial charge is 0.368 e. The maximum Gasteiger partial charge on any atom is 0.0425 e. The molecule has 0 aliphatic heterocycles. The molecule has 0 spiro atoms. The number of anilines is 1. The summed E-state index contributed by atoms with van der Waals surface area (Å²) in [5, 5.41) is 0.